The van der Waals surface area contributed by atoms with Gasteiger partial charge in [-0.1, -0.05) is 5.16 Å². The Hall–Kier alpha value is -1.79. The molecule has 2 N–H and O–H groups in total. The molecule has 0 radical (unpaired) electrons. The van der Waals surface area contributed by atoms with Crippen molar-refractivity contribution in [2.24, 2.45) is 10.9 Å². The minimum absolute atomic E-state index is 0.0483. The van der Waals surface area contributed by atoms with Crippen LogP contribution in [0.2, 0.25) is 0 Å². The lowest BCUT2D eigenvalue weighted by Gasteiger charge is -2.05. The van der Waals surface area contributed by atoms with Gasteiger partial charge in [-0.05, 0) is 13.0 Å². The summed E-state index contributed by atoms with van der Waals surface area (Å²) in [4.78, 5) is 8.03. The number of alkyl halides is 3. The second kappa shape index (κ2) is 4.16. The summed E-state index contributed by atoms with van der Waals surface area (Å²) in [5.74, 6) is 0.101. The van der Waals surface area contributed by atoms with Crippen molar-refractivity contribution in [2.45, 2.75) is 13.1 Å². The molecule has 0 saturated heterocycles. The molecule has 0 fully saturated rings. The first-order valence-electron chi connectivity index (χ1n) is 3.90. The van der Waals surface area contributed by atoms with E-state index >= 15 is 0 Å². The van der Waals surface area contributed by atoms with Gasteiger partial charge in [0.1, 0.15) is 5.84 Å². The van der Waals surface area contributed by atoms with Crippen molar-refractivity contribution in [2.75, 3.05) is 0 Å². The van der Waals surface area contributed by atoms with E-state index in [0.29, 0.717) is 6.20 Å². The fourth-order valence-electron chi connectivity index (χ4n) is 0.721. The van der Waals surface area contributed by atoms with E-state index in [1.165, 1.54) is 6.92 Å². The van der Waals surface area contributed by atoms with E-state index in [2.05, 4.69) is 15.0 Å². The minimum Gasteiger partial charge on any atom is -0.385 e. The summed E-state index contributed by atoms with van der Waals surface area (Å²) >= 11 is 0. The molecule has 7 heteroatoms. The van der Waals surface area contributed by atoms with Crippen LogP contribution in [0, 0.1) is 0 Å². The standard InChI is InChI=1S/C8H8F3N3O/c1-5(12)14-15-7-3-2-6(4-13-7)8(9,10)11/h2-4H,1H3,(H2,12,14). The lowest BCUT2D eigenvalue weighted by Crippen LogP contribution is -2.08. The molecule has 0 bridgehead atoms. The van der Waals surface area contributed by atoms with Gasteiger partial charge in [-0.3, -0.25) is 0 Å². The Morgan fingerprint density at radius 3 is 2.53 bits per heavy atom. The first-order valence-corrected chi connectivity index (χ1v) is 3.90. The molecule has 0 amide bonds. The van der Waals surface area contributed by atoms with E-state index in [1.54, 1.807) is 0 Å². The Balaban J connectivity index is 2.77. The third-order valence-corrected chi connectivity index (χ3v) is 1.35. The zero-order valence-electron chi connectivity index (χ0n) is 7.75. The van der Waals surface area contributed by atoms with Crippen molar-refractivity contribution in [1.82, 2.24) is 4.98 Å². The number of hydrogen-bond acceptors (Lipinski definition) is 3. The Morgan fingerprint density at radius 2 is 2.13 bits per heavy atom. The normalized spacial score (nSPS) is 12.7. The summed E-state index contributed by atoms with van der Waals surface area (Å²) in [6.07, 6.45) is -3.74. The van der Waals surface area contributed by atoms with Crippen LogP contribution in [0.25, 0.3) is 0 Å². The summed E-state index contributed by atoms with van der Waals surface area (Å²) in [7, 11) is 0. The maximum Gasteiger partial charge on any atom is 0.417 e. The van der Waals surface area contributed by atoms with Crippen LogP contribution in [-0.4, -0.2) is 10.8 Å². The molecule has 15 heavy (non-hydrogen) atoms. The molecular weight excluding hydrogens is 211 g/mol. The number of rotatable bonds is 2. The Bertz CT molecular complexity index is 354. The number of amidine groups is 1. The van der Waals surface area contributed by atoms with Gasteiger partial charge in [0.25, 0.3) is 0 Å². The molecule has 1 heterocycles. The van der Waals surface area contributed by atoms with Gasteiger partial charge in [0.2, 0.25) is 5.88 Å². The van der Waals surface area contributed by atoms with Gasteiger partial charge < -0.3 is 10.6 Å². The average Bonchev–Trinajstić information content (AvgIpc) is 2.14. The molecule has 0 aliphatic heterocycles. The molecule has 4 nitrogen and oxygen atoms in total. The number of aromatic nitrogens is 1. The zero-order chi connectivity index (χ0) is 11.5. The van der Waals surface area contributed by atoms with E-state index in [4.69, 9.17) is 5.73 Å². The monoisotopic (exact) mass is 219 g/mol. The highest BCUT2D eigenvalue weighted by Crippen LogP contribution is 2.29. The minimum atomic E-state index is -4.40. The quantitative estimate of drug-likeness (QED) is 0.468. The average molecular weight is 219 g/mol. The second-order valence-electron chi connectivity index (χ2n) is 2.71. The summed E-state index contributed by atoms with van der Waals surface area (Å²) in [5.41, 5.74) is 4.31. The predicted molar refractivity (Wildman–Crippen MR) is 47.2 cm³/mol. The molecule has 1 rings (SSSR count). The Morgan fingerprint density at radius 1 is 1.47 bits per heavy atom. The van der Waals surface area contributed by atoms with Crippen LogP contribution >= 0.6 is 0 Å². The highest BCUT2D eigenvalue weighted by molar-refractivity contribution is 5.76. The fraction of sp³-hybridized carbons (Fsp3) is 0.250. The molecule has 0 spiro atoms. The van der Waals surface area contributed by atoms with Crippen molar-refractivity contribution in [3.05, 3.63) is 23.9 Å². The zero-order valence-corrected chi connectivity index (χ0v) is 7.75. The number of pyridine rings is 1. The van der Waals surface area contributed by atoms with Gasteiger partial charge in [0, 0.05) is 12.3 Å². The molecule has 1 aromatic heterocycles. The van der Waals surface area contributed by atoms with Crippen LogP contribution in [0.15, 0.2) is 23.5 Å². The SMILES string of the molecule is C/C(N)=N\Oc1ccc(C(F)(F)F)cn1. The summed E-state index contributed by atoms with van der Waals surface area (Å²) in [6.45, 7) is 1.48. The predicted octanol–water partition coefficient (Wildman–Crippen LogP) is 1.77. The third kappa shape index (κ3) is 3.45. The summed E-state index contributed by atoms with van der Waals surface area (Å²) in [5, 5.41) is 3.34. The van der Waals surface area contributed by atoms with Gasteiger partial charge in [0.15, 0.2) is 0 Å². The maximum atomic E-state index is 12.1. The third-order valence-electron chi connectivity index (χ3n) is 1.35. The molecule has 0 aliphatic carbocycles. The number of hydrogen-bond donors (Lipinski definition) is 1. The molecule has 1 aromatic rings. The maximum absolute atomic E-state index is 12.1. The van der Waals surface area contributed by atoms with Crippen molar-refractivity contribution in [1.29, 1.82) is 0 Å². The Kier molecular flexibility index (Phi) is 3.13. The van der Waals surface area contributed by atoms with Crippen LogP contribution in [0.5, 0.6) is 5.88 Å². The van der Waals surface area contributed by atoms with Gasteiger partial charge in [0.05, 0.1) is 5.56 Å². The number of halogens is 3. The van der Waals surface area contributed by atoms with Crippen molar-refractivity contribution in [3.8, 4) is 5.88 Å². The van der Waals surface area contributed by atoms with Gasteiger partial charge in [-0.25, -0.2) is 4.98 Å². The molecule has 82 valence electrons. The molecule has 0 aliphatic rings. The van der Waals surface area contributed by atoms with E-state index in [1.807, 2.05) is 0 Å². The number of oxime groups is 1. The van der Waals surface area contributed by atoms with Gasteiger partial charge in [-0.2, -0.15) is 13.2 Å². The molecule has 0 aromatic carbocycles. The van der Waals surface area contributed by atoms with Crippen molar-refractivity contribution < 1.29 is 18.0 Å². The first-order chi connectivity index (χ1) is 6.89. The lowest BCUT2D eigenvalue weighted by atomic mass is 10.3. The van der Waals surface area contributed by atoms with Crippen LogP contribution in [0.3, 0.4) is 0 Å². The fourth-order valence-corrected chi connectivity index (χ4v) is 0.721. The lowest BCUT2D eigenvalue weighted by molar-refractivity contribution is -0.137. The summed E-state index contributed by atoms with van der Waals surface area (Å²) < 4.78 is 36.3. The molecule has 0 atom stereocenters. The van der Waals surface area contributed by atoms with Gasteiger partial charge >= 0.3 is 6.18 Å². The number of nitrogens with zero attached hydrogens (tertiary/aromatic N) is 2. The first kappa shape index (κ1) is 11.3. The second-order valence-corrected chi connectivity index (χ2v) is 2.71. The van der Waals surface area contributed by atoms with Gasteiger partial charge in [-0.15, -0.1) is 0 Å². The van der Waals surface area contributed by atoms with Crippen LogP contribution < -0.4 is 10.6 Å². The highest BCUT2D eigenvalue weighted by Gasteiger charge is 2.30. The smallest absolute Gasteiger partial charge is 0.385 e. The van der Waals surface area contributed by atoms with E-state index in [9.17, 15) is 13.2 Å². The highest BCUT2D eigenvalue weighted by atomic mass is 19.4. The molecule has 0 saturated carbocycles. The van der Waals surface area contributed by atoms with Crippen LogP contribution in [0.4, 0.5) is 13.2 Å². The molecular formula is C8H8F3N3O. The van der Waals surface area contributed by atoms with Crippen molar-refractivity contribution in [3.63, 3.8) is 0 Å². The van der Waals surface area contributed by atoms with E-state index in [-0.39, 0.29) is 11.7 Å². The largest absolute Gasteiger partial charge is 0.417 e. The van der Waals surface area contributed by atoms with Crippen LogP contribution in [0.1, 0.15) is 12.5 Å². The Labute approximate surface area is 83.5 Å². The summed E-state index contributed by atoms with van der Waals surface area (Å²) in [6, 6.07) is 1.92. The topological polar surface area (TPSA) is 60.5 Å². The van der Waals surface area contributed by atoms with E-state index < -0.39 is 11.7 Å². The number of nitrogens with two attached hydrogens (primary N) is 1. The van der Waals surface area contributed by atoms with Crippen molar-refractivity contribution >= 4 is 5.84 Å². The molecule has 0 unspecified atom stereocenters. The van der Waals surface area contributed by atoms with Crippen LogP contribution in [-0.2, 0) is 6.18 Å². The van der Waals surface area contributed by atoms with E-state index in [0.717, 1.165) is 12.1 Å².